The van der Waals surface area contributed by atoms with Crippen LogP contribution in [0.4, 0.5) is 5.69 Å². The van der Waals surface area contributed by atoms with Crippen LogP contribution in [-0.4, -0.2) is 21.9 Å². The number of ketones is 1. The minimum atomic E-state index is -0.535. The Morgan fingerprint density at radius 2 is 2.11 bits per heavy atom. The Morgan fingerprint density at radius 1 is 1.32 bits per heavy atom. The van der Waals surface area contributed by atoms with E-state index in [9.17, 15) is 9.59 Å². The van der Waals surface area contributed by atoms with Crippen LogP contribution in [0.1, 0.15) is 20.9 Å². The Morgan fingerprint density at radius 3 is 2.79 bits per heavy atom. The maximum Gasteiger partial charge on any atom is 0.299 e. The lowest BCUT2D eigenvalue weighted by atomic mass is 10.1. The van der Waals surface area contributed by atoms with Crippen LogP contribution in [-0.2, 0) is 11.3 Å². The van der Waals surface area contributed by atoms with Crippen LogP contribution < -0.4 is 4.90 Å². The summed E-state index contributed by atoms with van der Waals surface area (Å²) in [4.78, 5) is 25.3. The third-order valence-corrected chi connectivity index (χ3v) is 3.87. The molecule has 0 unspecified atom stereocenters. The number of anilines is 1. The smallest absolute Gasteiger partial charge is 0.298 e. The molecule has 1 amide bonds. The number of fused-ring (bicyclic) bond motifs is 1. The van der Waals surface area contributed by atoms with E-state index < -0.39 is 11.7 Å². The molecule has 5 nitrogen and oxygen atoms in total. The van der Waals surface area contributed by atoms with Gasteiger partial charge in [0.25, 0.3) is 11.7 Å². The fraction of sp³-hybridized carbons (Fsp3) is 0.167. The molecule has 0 spiro atoms. The predicted molar refractivity (Wildman–Crippen MR) is 71.6 cm³/mol. The third-order valence-electron chi connectivity index (χ3n) is 2.86. The van der Waals surface area contributed by atoms with E-state index in [0.717, 1.165) is 5.56 Å². The van der Waals surface area contributed by atoms with Crippen molar-refractivity contribution in [3.8, 4) is 0 Å². The van der Waals surface area contributed by atoms with Gasteiger partial charge < -0.3 is 0 Å². The summed E-state index contributed by atoms with van der Waals surface area (Å²) >= 11 is 6.90. The molecule has 2 aromatic rings. The second-order valence-electron chi connectivity index (χ2n) is 4.19. The van der Waals surface area contributed by atoms with E-state index in [1.807, 2.05) is 13.0 Å². The molecule has 96 valence electrons. The highest BCUT2D eigenvalue weighted by molar-refractivity contribution is 7.15. The molecule has 0 bridgehead atoms. The highest BCUT2D eigenvalue weighted by atomic mass is 35.5. The second-order valence-corrected chi connectivity index (χ2v) is 5.83. The van der Waals surface area contributed by atoms with Crippen LogP contribution in [0.3, 0.4) is 0 Å². The average Bonchev–Trinajstić information content (AvgIpc) is 2.88. The van der Waals surface area contributed by atoms with Crippen molar-refractivity contribution in [2.75, 3.05) is 4.90 Å². The van der Waals surface area contributed by atoms with E-state index in [2.05, 4.69) is 10.2 Å². The number of halogens is 1. The number of aryl methyl sites for hydroxylation is 1. The molecule has 1 aliphatic rings. The van der Waals surface area contributed by atoms with E-state index in [4.69, 9.17) is 11.6 Å². The maximum atomic E-state index is 12.0. The minimum Gasteiger partial charge on any atom is -0.298 e. The van der Waals surface area contributed by atoms with Crippen molar-refractivity contribution in [3.05, 3.63) is 38.8 Å². The molecule has 0 aliphatic carbocycles. The maximum absolute atomic E-state index is 12.0. The molecular weight excluding hydrogens is 286 g/mol. The van der Waals surface area contributed by atoms with E-state index >= 15 is 0 Å². The van der Waals surface area contributed by atoms with Gasteiger partial charge in [0.15, 0.2) is 0 Å². The number of carbonyl (C=O) groups excluding carboxylic acids is 2. The highest BCUT2D eigenvalue weighted by Crippen LogP contribution is 2.31. The van der Waals surface area contributed by atoms with Gasteiger partial charge in [-0.2, -0.15) is 0 Å². The molecule has 2 heterocycles. The second kappa shape index (κ2) is 4.40. The number of hydrogen-bond donors (Lipinski definition) is 0. The molecule has 7 heteroatoms. The highest BCUT2D eigenvalue weighted by Gasteiger charge is 2.36. The van der Waals surface area contributed by atoms with Gasteiger partial charge in [-0.05, 0) is 30.7 Å². The van der Waals surface area contributed by atoms with Gasteiger partial charge in [0.2, 0.25) is 4.47 Å². The Hall–Kier alpha value is -1.79. The summed E-state index contributed by atoms with van der Waals surface area (Å²) in [6.07, 6.45) is 0. The summed E-state index contributed by atoms with van der Waals surface area (Å²) in [5, 5.41) is 8.14. The van der Waals surface area contributed by atoms with Gasteiger partial charge in [0, 0.05) is 0 Å². The fourth-order valence-corrected chi connectivity index (χ4v) is 2.86. The van der Waals surface area contributed by atoms with Gasteiger partial charge in [0.1, 0.15) is 5.01 Å². The van der Waals surface area contributed by atoms with Crippen molar-refractivity contribution in [3.63, 3.8) is 0 Å². The van der Waals surface area contributed by atoms with E-state index in [0.29, 0.717) is 20.7 Å². The van der Waals surface area contributed by atoms with Gasteiger partial charge in [0.05, 0.1) is 17.8 Å². The molecule has 0 saturated carbocycles. The van der Waals surface area contributed by atoms with Crippen LogP contribution >= 0.6 is 22.9 Å². The number of carbonyl (C=O) groups is 2. The first-order valence-corrected chi connectivity index (χ1v) is 6.70. The predicted octanol–water partition coefficient (Wildman–Crippen LogP) is 2.23. The number of nitrogens with zero attached hydrogens (tertiary/aromatic N) is 3. The van der Waals surface area contributed by atoms with Gasteiger partial charge in [-0.1, -0.05) is 23.0 Å². The zero-order valence-corrected chi connectivity index (χ0v) is 11.5. The first kappa shape index (κ1) is 12.3. The summed E-state index contributed by atoms with van der Waals surface area (Å²) in [6.45, 7) is 2.09. The standard InChI is InChI=1S/C12H8ClN3O2S/c1-6-2-3-8-7(4-6)10(17)11(18)16(8)5-9-14-15-12(13)19-9/h2-4H,5H2,1H3. The molecule has 0 atom stereocenters. The SMILES string of the molecule is Cc1ccc2c(c1)C(=O)C(=O)N2Cc1nnc(Cl)s1. The number of aromatic nitrogens is 2. The zero-order chi connectivity index (χ0) is 13.6. The number of rotatable bonds is 2. The minimum absolute atomic E-state index is 0.213. The largest absolute Gasteiger partial charge is 0.299 e. The van der Waals surface area contributed by atoms with Gasteiger partial charge >= 0.3 is 0 Å². The monoisotopic (exact) mass is 293 g/mol. The van der Waals surface area contributed by atoms with Crippen molar-refractivity contribution in [1.82, 2.24) is 10.2 Å². The Balaban J connectivity index is 1.99. The molecular formula is C12H8ClN3O2S. The molecule has 0 N–H and O–H groups in total. The van der Waals surface area contributed by atoms with Gasteiger partial charge in [-0.25, -0.2) is 0 Å². The Kier molecular flexibility index (Phi) is 2.83. The third kappa shape index (κ3) is 2.02. The molecule has 0 radical (unpaired) electrons. The van der Waals surface area contributed by atoms with E-state index in [1.165, 1.54) is 16.2 Å². The summed E-state index contributed by atoms with van der Waals surface area (Å²) in [7, 11) is 0. The summed E-state index contributed by atoms with van der Waals surface area (Å²) in [6, 6.07) is 5.36. The van der Waals surface area contributed by atoms with Crippen LogP contribution in [0.2, 0.25) is 4.47 Å². The summed E-state index contributed by atoms with van der Waals surface area (Å²) in [5.41, 5.74) is 2.01. The molecule has 1 aliphatic heterocycles. The van der Waals surface area contributed by atoms with Crippen molar-refractivity contribution in [2.45, 2.75) is 13.5 Å². The Labute approximate surface area is 117 Å². The molecule has 3 rings (SSSR count). The first-order chi connectivity index (χ1) is 9.06. The van der Waals surface area contributed by atoms with E-state index in [-0.39, 0.29) is 6.54 Å². The summed E-state index contributed by atoms with van der Waals surface area (Å²) in [5.74, 6) is -1.01. The molecule has 0 saturated heterocycles. The van der Waals surface area contributed by atoms with Crippen LogP contribution in [0.25, 0.3) is 0 Å². The topological polar surface area (TPSA) is 63.2 Å². The first-order valence-electron chi connectivity index (χ1n) is 5.51. The van der Waals surface area contributed by atoms with Crippen molar-refractivity contribution >= 4 is 40.3 Å². The lowest BCUT2D eigenvalue weighted by molar-refractivity contribution is -0.114. The number of amides is 1. The number of benzene rings is 1. The van der Waals surface area contributed by atoms with Crippen LogP contribution in [0, 0.1) is 6.92 Å². The zero-order valence-electron chi connectivity index (χ0n) is 9.88. The summed E-state index contributed by atoms with van der Waals surface area (Å²) < 4.78 is 0.317. The van der Waals surface area contributed by atoms with E-state index in [1.54, 1.807) is 12.1 Å². The molecule has 19 heavy (non-hydrogen) atoms. The van der Waals surface area contributed by atoms with Gasteiger partial charge in [-0.15, -0.1) is 10.2 Å². The quantitative estimate of drug-likeness (QED) is 0.797. The van der Waals surface area contributed by atoms with Crippen molar-refractivity contribution < 1.29 is 9.59 Å². The lowest BCUT2D eigenvalue weighted by Crippen LogP contribution is -2.29. The van der Waals surface area contributed by atoms with Crippen LogP contribution in [0.5, 0.6) is 0 Å². The average molecular weight is 294 g/mol. The Bertz CT molecular complexity index is 698. The lowest BCUT2D eigenvalue weighted by Gasteiger charge is -2.14. The number of hydrogen-bond acceptors (Lipinski definition) is 5. The molecule has 0 fully saturated rings. The molecule has 1 aromatic heterocycles. The van der Waals surface area contributed by atoms with Crippen molar-refractivity contribution in [1.29, 1.82) is 0 Å². The van der Waals surface area contributed by atoms with Crippen LogP contribution in [0.15, 0.2) is 18.2 Å². The number of Topliss-reactive ketones (excluding diaryl/α,β-unsaturated/α-hetero) is 1. The molecule has 1 aromatic carbocycles. The fourth-order valence-electron chi connectivity index (χ4n) is 2.00. The van der Waals surface area contributed by atoms with Crippen molar-refractivity contribution in [2.24, 2.45) is 0 Å². The normalized spacial score (nSPS) is 14.1. The van der Waals surface area contributed by atoms with Gasteiger partial charge in [-0.3, -0.25) is 14.5 Å².